The Hall–Kier alpha value is -2.64. The summed E-state index contributed by atoms with van der Waals surface area (Å²) >= 11 is 0. The predicted molar refractivity (Wildman–Crippen MR) is 109 cm³/mol. The van der Waals surface area contributed by atoms with Gasteiger partial charge in [0.1, 0.15) is 5.75 Å². The number of benzene rings is 2. The van der Waals surface area contributed by atoms with E-state index in [0.717, 1.165) is 5.56 Å². The molecular weight excluding hydrogens is 374 g/mol. The molecule has 0 bridgehead atoms. The van der Waals surface area contributed by atoms with Crippen molar-refractivity contribution in [2.24, 2.45) is 7.05 Å². The van der Waals surface area contributed by atoms with E-state index in [2.05, 4.69) is 5.10 Å². The molecule has 0 aliphatic carbocycles. The van der Waals surface area contributed by atoms with Crippen LogP contribution in [0.4, 0.5) is 0 Å². The van der Waals surface area contributed by atoms with E-state index in [0.29, 0.717) is 31.0 Å². The van der Waals surface area contributed by atoms with Crippen molar-refractivity contribution in [1.29, 1.82) is 0 Å². The van der Waals surface area contributed by atoms with Gasteiger partial charge in [0.05, 0.1) is 23.7 Å². The molecule has 0 saturated carbocycles. The average Bonchev–Trinajstić information content (AvgIpc) is 3.11. The zero-order valence-electron chi connectivity index (χ0n) is 16.2. The lowest BCUT2D eigenvalue weighted by molar-refractivity contribution is 0.340. The van der Waals surface area contributed by atoms with Crippen molar-refractivity contribution in [2.45, 2.75) is 24.8 Å². The van der Waals surface area contributed by atoms with Gasteiger partial charge in [-0.1, -0.05) is 30.3 Å². The second-order valence-corrected chi connectivity index (χ2v) is 8.40. The van der Waals surface area contributed by atoms with E-state index < -0.39 is 10.0 Å². The smallest absolute Gasteiger partial charge is 0.243 e. The van der Waals surface area contributed by atoms with E-state index in [9.17, 15) is 8.42 Å². The van der Waals surface area contributed by atoms with E-state index in [4.69, 9.17) is 4.74 Å². The van der Waals surface area contributed by atoms with Gasteiger partial charge in [0.25, 0.3) is 0 Å². The first-order valence-corrected chi connectivity index (χ1v) is 10.7. The number of ether oxygens (including phenoxy) is 1. The lowest BCUT2D eigenvalue weighted by Gasteiger charge is -2.21. The SMILES string of the molecule is CCOc1ccc(S(=O)(=O)N(CCc2ccccc2)Cc2ccn(C)n2)cc1. The first-order chi connectivity index (χ1) is 13.5. The summed E-state index contributed by atoms with van der Waals surface area (Å²) in [6.07, 6.45) is 2.44. The van der Waals surface area contributed by atoms with Crippen LogP contribution in [0.5, 0.6) is 5.75 Å². The minimum atomic E-state index is -3.66. The fraction of sp³-hybridized carbons (Fsp3) is 0.286. The van der Waals surface area contributed by atoms with Gasteiger partial charge < -0.3 is 4.74 Å². The van der Waals surface area contributed by atoms with Crippen LogP contribution in [-0.2, 0) is 30.0 Å². The van der Waals surface area contributed by atoms with Crippen molar-refractivity contribution in [3.05, 3.63) is 78.1 Å². The maximum atomic E-state index is 13.3. The average molecular weight is 400 g/mol. The fourth-order valence-corrected chi connectivity index (χ4v) is 4.35. The van der Waals surface area contributed by atoms with Crippen molar-refractivity contribution >= 4 is 10.0 Å². The van der Waals surface area contributed by atoms with Crippen LogP contribution in [-0.4, -0.2) is 35.7 Å². The molecule has 7 heteroatoms. The Balaban J connectivity index is 1.84. The van der Waals surface area contributed by atoms with Gasteiger partial charge in [-0.15, -0.1) is 0 Å². The van der Waals surface area contributed by atoms with Crippen molar-refractivity contribution in [1.82, 2.24) is 14.1 Å². The summed E-state index contributed by atoms with van der Waals surface area (Å²) in [6, 6.07) is 18.3. The molecule has 1 heterocycles. The third-order valence-electron chi connectivity index (χ3n) is 4.37. The molecular formula is C21H25N3O3S. The topological polar surface area (TPSA) is 64.4 Å². The number of aryl methyl sites for hydroxylation is 1. The van der Waals surface area contributed by atoms with Crippen LogP contribution < -0.4 is 4.74 Å². The van der Waals surface area contributed by atoms with Crippen LogP contribution >= 0.6 is 0 Å². The van der Waals surface area contributed by atoms with Crippen molar-refractivity contribution < 1.29 is 13.2 Å². The van der Waals surface area contributed by atoms with Gasteiger partial charge in [0.15, 0.2) is 0 Å². The third kappa shape index (κ3) is 4.99. The standard InChI is InChI=1S/C21H25N3O3S/c1-3-27-20-9-11-21(12-10-20)28(25,26)24(17-19-14-15-23(2)22-19)16-13-18-7-5-4-6-8-18/h4-12,14-15H,3,13,16-17H2,1-2H3. The van der Waals surface area contributed by atoms with Crippen molar-refractivity contribution in [2.75, 3.05) is 13.2 Å². The largest absolute Gasteiger partial charge is 0.494 e. The first kappa shape index (κ1) is 20.1. The molecule has 0 amide bonds. The number of hydrogen-bond acceptors (Lipinski definition) is 4. The lowest BCUT2D eigenvalue weighted by atomic mass is 10.1. The van der Waals surface area contributed by atoms with Crippen LogP contribution in [0.25, 0.3) is 0 Å². The molecule has 0 radical (unpaired) electrons. The fourth-order valence-electron chi connectivity index (χ4n) is 2.93. The minimum absolute atomic E-state index is 0.225. The molecule has 0 aliphatic rings. The Morgan fingerprint density at radius 3 is 2.36 bits per heavy atom. The molecule has 148 valence electrons. The molecule has 0 atom stereocenters. The Labute approximate surface area is 166 Å². The van der Waals surface area contributed by atoms with Gasteiger partial charge in [-0.2, -0.15) is 9.40 Å². The summed E-state index contributed by atoms with van der Waals surface area (Å²) in [7, 11) is -1.85. The third-order valence-corrected chi connectivity index (χ3v) is 6.23. The van der Waals surface area contributed by atoms with Gasteiger partial charge in [0, 0.05) is 19.8 Å². The van der Waals surface area contributed by atoms with Gasteiger partial charge in [-0.25, -0.2) is 8.42 Å². The zero-order chi connectivity index (χ0) is 20.0. The van der Waals surface area contributed by atoms with E-state index in [-0.39, 0.29) is 11.4 Å². The zero-order valence-corrected chi connectivity index (χ0v) is 17.0. The Kier molecular flexibility index (Phi) is 6.49. The second kappa shape index (κ2) is 9.03. The van der Waals surface area contributed by atoms with Crippen molar-refractivity contribution in [3.63, 3.8) is 0 Å². The molecule has 0 aliphatic heterocycles. The number of aromatic nitrogens is 2. The molecule has 1 aromatic heterocycles. The number of sulfonamides is 1. The first-order valence-electron chi connectivity index (χ1n) is 9.24. The molecule has 28 heavy (non-hydrogen) atoms. The van der Waals surface area contributed by atoms with Crippen LogP contribution in [0.3, 0.4) is 0 Å². The van der Waals surface area contributed by atoms with Crippen LogP contribution in [0, 0.1) is 0 Å². The number of nitrogens with zero attached hydrogens (tertiary/aromatic N) is 3. The summed E-state index contributed by atoms with van der Waals surface area (Å²) in [5.74, 6) is 0.655. The molecule has 0 spiro atoms. The van der Waals surface area contributed by atoms with Gasteiger partial charge in [0.2, 0.25) is 10.0 Å². The van der Waals surface area contributed by atoms with E-state index in [1.807, 2.05) is 56.6 Å². The van der Waals surface area contributed by atoms with Crippen LogP contribution in [0.1, 0.15) is 18.2 Å². The van der Waals surface area contributed by atoms with E-state index in [1.54, 1.807) is 28.9 Å². The van der Waals surface area contributed by atoms with Gasteiger partial charge >= 0.3 is 0 Å². The molecule has 6 nitrogen and oxygen atoms in total. The maximum absolute atomic E-state index is 13.3. The normalized spacial score (nSPS) is 11.7. The van der Waals surface area contributed by atoms with E-state index in [1.165, 1.54) is 4.31 Å². The van der Waals surface area contributed by atoms with Crippen LogP contribution in [0.15, 0.2) is 71.8 Å². The molecule has 2 aromatic carbocycles. The van der Waals surface area contributed by atoms with Gasteiger partial charge in [-0.05, 0) is 49.2 Å². The Bertz CT molecular complexity index is 983. The highest BCUT2D eigenvalue weighted by Gasteiger charge is 2.25. The van der Waals surface area contributed by atoms with E-state index >= 15 is 0 Å². The van der Waals surface area contributed by atoms with Crippen LogP contribution in [0.2, 0.25) is 0 Å². The summed E-state index contributed by atoms with van der Waals surface area (Å²) in [5, 5.41) is 4.34. The molecule has 3 aromatic rings. The monoisotopic (exact) mass is 399 g/mol. The summed E-state index contributed by atoms with van der Waals surface area (Å²) in [4.78, 5) is 0.250. The molecule has 3 rings (SSSR count). The Morgan fingerprint density at radius 2 is 1.75 bits per heavy atom. The predicted octanol–water partition coefficient (Wildman–Crippen LogP) is 3.25. The summed E-state index contributed by atoms with van der Waals surface area (Å²) in [6.45, 7) is 3.02. The van der Waals surface area contributed by atoms with Gasteiger partial charge in [-0.3, -0.25) is 4.68 Å². The molecule has 0 unspecified atom stereocenters. The lowest BCUT2D eigenvalue weighted by Crippen LogP contribution is -2.32. The molecule has 0 fully saturated rings. The molecule has 0 saturated heterocycles. The minimum Gasteiger partial charge on any atom is -0.494 e. The van der Waals surface area contributed by atoms with Crippen molar-refractivity contribution in [3.8, 4) is 5.75 Å². The summed E-state index contributed by atoms with van der Waals surface area (Å²) in [5.41, 5.74) is 1.81. The maximum Gasteiger partial charge on any atom is 0.243 e. The quantitative estimate of drug-likeness (QED) is 0.554. The highest BCUT2D eigenvalue weighted by molar-refractivity contribution is 7.89. The number of rotatable bonds is 9. The highest BCUT2D eigenvalue weighted by Crippen LogP contribution is 2.21. The highest BCUT2D eigenvalue weighted by atomic mass is 32.2. The summed E-state index contributed by atoms with van der Waals surface area (Å²) < 4.78 is 35.1. The second-order valence-electron chi connectivity index (χ2n) is 6.46. The number of hydrogen-bond donors (Lipinski definition) is 0. The Morgan fingerprint density at radius 1 is 1.04 bits per heavy atom. The molecule has 0 N–H and O–H groups in total.